The number of methoxy groups -OCH3 is 1. The molecule has 1 aromatic rings. The number of hydrogen-bond acceptors (Lipinski definition) is 5. The fraction of sp³-hybridized carbons (Fsp3) is 0.600. The third-order valence-corrected chi connectivity index (χ3v) is 5.60. The van der Waals surface area contributed by atoms with Crippen molar-refractivity contribution in [2.75, 3.05) is 26.8 Å². The SMILES string of the molecule is CO[C@@H]1C[C@H]2CN(Cc3ccccc3OCC(=O)O)C[C@H]2C[C@H]1NC(C)=O. The number of ether oxygens (including phenoxy) is 2. The second-order valence-corrected chi connectivity index (χ2v) is 7.56. The van der Waals surface area contributed by atoms with Crippen molar-refractivity contribution in [2.45, 2.75) is 38.5 Å². The molecule has 1 amide bonds. The second kappa shape index (κ2) is 8.71. The average molecular weight is 376 g/mol. The van der Waals surface area contributed by atoms with Crippen molar-refractivity contribution in [1.82, 2.24) is 10.2 Å². The minimum Gasteiger partial charge on any atom is -0.482 e. The lowest BCUT2D eigenvalue weighted by Gasteiger charge is -2.37. The molecule has 148 valence electrons. The van der Waals surface area contributed by atoms with Crippen LogP contribution in [0.25, 0.3) is 0 Å². The monoisotopic (exact) mass is 376 g/mol. The molecule has 7 heteroatoms. The summed E-state index contributed by atoms with van der Waals surface area (Å²) in [6.07, 6.45) is 1.93. The summed E-state index contributed by atoms with van der Waals surface area (Å²) in [5.41, 5.74) is 0.999. The van der Waals surface area contributed by atoms with Gasteiger partial charge in [-0.1, -0.05) is 18.2 Å². The Kier molecular flexibility index (Phi) is 6.34. The fourth-order valence-corrected chi connectivity index (χ4v) is 4.47. The minimum absolute atomic E-state index is 0.0140. The summed E-state index contributed by atoms with van der Waals surface area (Å²) < 4.78 is 11.1. The lowest BCUT2D eigenvalue weighted by atomic mass is 9.77. The Hall–Kier alpha value is -2.12. The summed E-state index contributed by atoms with van der Waals surface area (Å²) in [5.74, 6) is 0.708. The Labute approximate surface area is 159 Å². The average Bonchev–Trinajstić information content (AvgIpc) is 3.00. The van der Waals surface area contributed by atoms with Crippen LogP contribution in [0.3, 0.4) is 0 Å². The molecule has 7 nitrogen and oxygen atoms in total. The van der Waals surface area contributed by atoms with Gasteiger partial charge in [-0.15, -0.1) is 0 Å². The molecule has 2 fully saturated rings. The Morgan fingerprint density at radius 2 is 1.93 bits per heavy atom. The van der Waals surface area contributed by atoms with Crippen molar-refractivity contribution in [3.63, 3.8) is 0 Å². The van der Waals surface area contributed by atoms with Crippen LogP contribution in [0.5, 0.6) is 5.75 Å². The van der Waals surface area contributed by atoms with Gasteiger partial charge in [-0.3, -0.25) is 9.69 Å². The van der Waals surface area contributed by atoms with Crippen molar-refractivity contribution in [3.05, 3.63) is 29.8 Å². The highest BCUT2D eigenvalue weighted by Crippen LogP contribution is 2.38. The van der Waals surface area contributed by atoms with Gasteiger partial charge in [0.05, 0.1) is 12.1 Å². The van der Waals surface area contributed by atoms with Gasteiger partial charge < -0.3 is 19.9 Å². The maximum absolute atomic E-state index is 11.5. The first-order valence-electron chi connectivity index (χ1n) is 9.41. The first kappa shape index (κ1) is 19.6. The molecule has 1 heterocycles. The number of amides is 1. The van der Waals surface area contributed by atoms with E-state index >= 15 is 0 Å². The molecule has 3 rings (SSSR count). The standard InChI is InChI=1S/C20H28N2O5/c1-13(23)21-17-7-15-10-22(11-16(15)8-19(17)26-2)9-14-5-3-4-6-18(14)27-12-20(24)25/h3-6,15-17,19H,7-12H2,1-2H3,(H,21,23)(H,24,25)/t15-,16+,17-,19-/m1/s1. The molecule has 2 aliphatic rings. The number of benzene rings is 1. The quantitative estimate of drug-likeness (QED) is 0.750. The number of likely N-dealkylation sites (tertiary alicyclic amines) is 1. The van der Waals surface area contributed by atoms with E-state index < -0.39 is 5.97 Å². The molecule has 2 N–H and O–H groups in total. The predicted octanol–water partition coefficient (Wildman–Crippen LogP) is 1.51. The molecule has 0 bridgehead atoms. The number of aliphatic carboxylic acids is 1. The molecule has 1 aromatic carbocycles. The zero-order valence-corrected chi connectivity index (χ0v) is 15.9. The molecule has 1 aliphatic carbocycles. The minimum atomic E-state index is -0.980. The van der Waals surface area contributed by atoms with E-state index in [0.717, 1.165) is 38.0 Å². The van der Waals surface area contributed by atoms with E-state index in [1.165, 1.54) is 0 Å². The zero-order chi connectivity index (χ0) is 19.4. The molecule has 27 heavy (non-hydrogen) atoms. The molecular formula is C20H28N2O5. The number of nitrogens with zero attached hydrogens (tertiary/aromatic N) is 1. The Morgan fingerprint density at radius 3 is 2.59 bits per heavy atom. The third-order valence-electron chi connectivity index (χ3n) is 5.60. The maximum Gasteiger partial charge on any atom is 0.341 e. The van der Waals surface area contributed by atoms with Crippen LogP contribution in [0.1, 0.15) is 25.3 Å². The van der Waals surface area contributed by atoms with Crippen LogP contribution in [-0.4, -0.2) is 60.8 Å². The van der Waals surface area contributed by atoms with Gasteiger partial charge in [-0.25, -0.2) is 4.79 Å². The van der Waals surface area contributed by atoms with E-state index in [1.54, 1.807) is 14.0 Å². The van der Waals surface area contributed by atoms with Crippen LogP contribution in [0.2, 0.25) is 0 Å². The maximum atomic E-state index is 11.5. The lowest BCUT2D eigenvalue weighted by Crippen LogP contribution is -2.49. The number of nitrogens with one attached hydrogen (secondary N) is 1. The Morgan fingerprint density at radius 1 is 1.22 bits per heavy atom. The summed E-state index contributed by atoms with van der Waals surface area (Å²) in [6, 6.07) is 7.66. The van der Waals surface area contributed by atoms with Crippen LogP contribution in [0.4, 0.5) is 0 Å². The number of fused-ring (bicyclic) bond motifs is 1. The van der Waals surface area contributed by atoms with E-state index in [1.807, 2.05) is 24.3 Å². The highest BCUT2D eigenvalue weighted by molar-refractivity contribution is 5.73. The van der Waals surface area contributed by atoms with Gasteiger partial charge in [0.15, 0.2) is 6.61 Å². The van der Waals surface area contributed by atoms with E-state index in [0.29, 0.717) is 17.6 Å². The van der Waals surface area contributed by atoms with Crippen LogP contribution < -0.4 is 10.1 Å². The highest BCUT2D eigenvalue weighted by Gasteiger charge is 2.42. The van der Waals surface area contributed by atoms with Crippen molar-refractivity contribution in [3.8, 4) is 5.75 Å². The van der Waals surface area contributed by atoms with Crippen molar-refractivity contribution >= 4 is 11.9 Å². The molecule has 1 saturated heterocycles. The van der Waals surface area contributed by atoms with Crippen molar-refractivity contribution < 1.29 is 24.2 Å². The molecule has 4 atom stereocenters. The number of carboxylic acid groups (broad SMARTS) is 1. The normalized spacial score (nSPS) is 27.8. The fourth-order valence-electron chi connectivity index (χ4n) is 4.47. The highest BCUT2D eigenvalue weighted by atomic mass is 16.5. The number of hydrogen-bond donors (Lipinski definition) is 2. The summed E-state index contributed by atoms with van der Waals surface area (Å²) in [6.45, 7) is 3.88. The van der Waals surface area contributed by atoms with Crippen LogP contribution in [-0.2, 0) is 20.9 Å². The summed E-state index contributed by atoms with van der Waals surface area (Å²) in [5, 5.41) is 11.9. The molecule has 0 spiro atoms. The van der Waals surface area contributed by atoms with Gasteiger partial charge >= 0.3 is 5.97 Å². The van der Waals surface area contributed by atoms with E-state index in [2.05, 4.69) is 10.2 Å². The summed E-state index contributed by atoms with van der Waals surface area (Å²) in [7, 11) is 1.71. The number of para-hydroxylation sites is 1. The van der Waals surface area contributed by atoms with Gasteiger partial charge in [-0.2, -0.15) is 0 Å². The largest absolute Gasteiger partial charge is 0.482 e. The molecular weight excluding hydrogens is 348 g/mol. The van der Waals surface area contributed by atoms with Crippen LogP contribution >= 0.6 is 0 Å². The number of carbonyl (C=O) groups excluding carboxylic acids is 1. The van der Waals surface area contributed by atoms with E-state index in [9.17, 15) is 9.59 Å². The Bertz CT molecular complexity index is 680. The van der Waals surface area contributed by atoms with Crippen LogP contribution in [0.15, 0.2) is 24.3 Å². The predicted molar refractivity (Wildman–Crippen MR) is 99.5 cm³/mol. The molecule has 0 aromatic heterocycles. The summed E-state index contributed by atoms with van der Waals surface area (Å²) in [4.78, 5) is 24.7. The topological polar surface area (TPSA) is 88.1 Å². The number of carbonyl (C=O) groups is 2. The molecule has 1 aliphatic heterocycles. The second-order valence-electron chi connectivity index (χ2n) is 7.56. The smallest absolute Gasteiger partial charge is 0.341 e. The Balaban J connectivity index is 1.63. The summed E-state index contributed by atoms with van der Waals surface area (Å²) >= 11 is 0. The van der Waals surface area contributed by atoms with Crippen molar-refractivity contribution in [1.29, 1.82) is 0 Å². The van der Waals surface area contributed by atoms with Crippen LogP contribution in [0, 0.1) is 11.8 Å². The molecule has 0 unspecified atom stereocenters. The van der Waals surface area contributed by atoms with Gasteiger partial charge in [0, 0.05) is 39.2 Å². The van der Waals surface area contributed by atoms with Gasteiger partial charge in [0.25, 0.3) is 0 Å². The van der Waals surface area contributed by atoms with E-state index in [4.69, 9.17) is 14.6 Å². The van der Waals surface area contributed by atoms with Gasteiger partial charge in [0.1, 0.15) is 5.75 Å². The van der Waals surface area contributed by atoms with Gasteiger partial charge in [0.2, 0.25) is 5.91 Å². The number of rotatable bonds is 7. The lowest BCUT2D eigenvalue weighted by molar-refractivity contribution is -0.139. The first-order chi connectivity index (χ1) is 13.0. The number of carboxylic acids is 1. The first-order valence-corrected chi connectivity index (χ1v) is 9.41. The molecule has 1 saturated carbocycles. The third kappa shape index (κ3) is 4.99. The zero-order valence-electron chi connectivity index (χ0n) is 15.9. The molecule has 0 radical (unpaired) electrons. The van der Waals surface area contributed by atoms with Crippen molar-refractivity contribution in [2.24, 2.45) is 11.8 Å². The van der Waals surface area contributed by atoms with E-state index in [-0.39, 0.29) is 24.7 Å². The van der Waals surface area contributed by atoms with Gasteiger partial charge in [-0.05, 0) is 30.7 Å².